The minimum atomic E-state index is -0.154. The van der Waals surface area contributed by atoms with Crippen molar-refractivity contribution in [1.82, 2.24) is 4.90 Å². The molecule has 3 nitrogen and oxygen atoms in total. The molecule has 1 aromatic carbocycles. The second kappa shape index (κ2) is 6.32. The lowest BCUT2D eigenvalue weighted by atomic mass is 9.94. The fourth-order valence-electron chi connectivity index (χ4n) is 2.72. The Kier molecular flexibility index (Phi) is 4.75. The molecule has 1 saturated heterocycles. The molecule has 2 rings (SSSR count). The van der Waals surface area contributed by atoms with Crippen LogP contribution in [0, 0.1) is 5.92 Å². The highest BCUT2D eigenvalue weighted by atomic mass is 16.3. The Hall–Kier alpha value is -0.900. The van der Waals surface area contributed by atoms with Crippen LogP contribution < -0.4 is 5.73 Å². The SMILES string of the molecule is C[C@@H](CN1CCC[C@H](O)C1)[C@@H](N)c1ccccc1. The molecule has 0 amide bonds. The standard InChI is InChI=1S/C15H24N2O/c1-12(10-17-9-5-8-14(18)11-17)15(16)13-6-3-2-4-7-13/h2-4,6-7,12,14-15,18H,5,8-11,16H2,1H3/t12-,14-,15+/m0/s1. The molecule has 3 atom stereocenters. The van der Waals surface area contributed by atoms with Crippen LogP contribution in [0.4, 0.5) is 0 Å². The van der Waals surface area contributed by atoms with Gasteiger partial charge in [-0.05, 0) is 30.9 Å². The summed E-state index contributed by atoms with van der Waals surface area (Å²) in [5, 5.41) is 9.68. The van der Waals surface area contributed by atoms with Crippen LogP contribution in [-0.4, -0.2) is 35.7 Å². The van der Waals surface area contributed by atoms with Crippen molar-refractivity contribution in [3.05, 3.63) is 35.9 Å². The maximum Gasteiger partial charge on any atom is 0.0667 e. The van der Waals surface area contributed by atoms with Crippen molar-refractivity contribution in [3.8, 4) is 0 Å². The Bertz CT molecular complexity index is 355. The zero-order chi connectivity index (χ0) is 13.0. The fourth-order valence-corrected chi connectivity index (χ4v) is 2.72. The Morgan fingerprint density at radius 3 is 2.78 bits per heavy atom. The molecule has 0 aliphatic carbocycles. The Labute approximate surface area is 110 Å². The van der Waals surface area contributed by atoms with Crippen LogP contribution in [0.5, 0.6) is 0 Å². The number of nitrogens with two attached hydrogens (primary N) is 1. The van der Waals surface area contributed by atoms with Crippen LogP contribution in [0.1, 0.15) is 31.4 Å². The summed E-state index contributed by atoms with van der Waals surface area (Å²) in [5.74, 6) is 0.401. The van der Waals surface area contributed by atoms with Gasteiger partial charge in [0.2, 0.25) is 0 Å². The highest BCUT2D eigenvalue weighted by Gasteiger charge is 2.22. The van der Waals surface area contributed by atoms with Gasteiger partial charge in [-0.2, -0.15) is 0 Å². The van der Waals surface area contributed by atoms with Gasteiger partial charge in [0, 0.05) is 19.1 Å². The Morgan fingerprint density at radius 1 is 1.39 bits per heavy atom. The monoisotopic (exact) mass is 248 g/mol. The summed E-state index contributed by atoms with van der Waals surface area (Å²) >= 11 is 0. The molecule has 1 aliphatic rings. The molecule has 0 spiro atoms. The highest BCUT2D eigenvalue weighted by molar-refractivity contribution is 5.19. The molecule has 3 N–H and O–H groups in total. The van der Waals surface area contributed by atoms with Gasteiger partial charge in [-0.3, -0.25) is 0 Å². The third-order valence-corrected chi connectivity index (χ3v) is 3.82. The molecule has 0 aromatic heterocycles. The number of nitrogens with zero attached hydrogens (tertiary/aromatic N) is 1. The predicted octanol–water partition coefficient (Wildman–Crippen LogP) is 1.78. The average Bonchev–Trinajstić information content (AvgIpc) is 2.39. The van der Waals surface area contributed by atoms with Crippen LogP contribution >= 0.6 is 0 Å². The summed E-state index contributed by atoms with van der Waals surface area (Å²) in [6.45, 7) is 5.04. The fraction of sp³-hybridized carbons (Fsp3) is 0.600. The molecule has 1 aromatic rings. The maximum atomic E-state index is 9.68. The quantitative estimate of drug-likeness (QED) is 0.854. The Morgan fingerprint density at radius 2 is 2.11 bits per heavy atom. The van der Waals surface area contributed by atoms with E-state index in [0.717, 1.165) is 32.5 Å². The molecule has 1 aliphatic heterocycles. The van der Waals surface area contributed by atoms with Gasteiger partial charge < -0.3 is 15.7 Å². The third-order valence-electron chi connectivity index (χ3n) is 3.82. The van der Waals surface area contributed by atoms with Gasteiger partial charge in [0.1, 0.15) is 0 Å². The largest absolute Gasteiger partial charge is 0.392 e. The number of rotatable bonds is 4. The topological polar surface area (TPSA) is 49.5 Å². The normalized spacial score (nSPS) is 24.7. The molecular weight excluding hydrogens is 224 g/mol. The number of aliphatic hydroxyl groups is 1. The van der Waals surface area contributed by atoms with Gasteiger partial charge in [-0.25, -0.2) is 0 Å². The number of likely N-dealkylation sites (tertiary alicyclic amines) is 1. The van der Waals surface area contributed by atoms with Gasteiger partial charge in [0.15, 0.2) is 0 Å². The van der Waals surface area contributed by atoms with Crippen LogP contribution in [0.15, 0.2) is 30.3 Å². The molecule has 0 bridgehead atoms. The van der Waals surface area contributed by atoms with E-state index in [4.69, 9.17) is 5.73 Å². The molecular formula is C15H24N2O. The van der Waals surface area contributed by atoms with Crippen LogP contribution in [0.3, 0.4) is 0 Å². The van der Waals surface area contributed by atoms with Crippen LogP contribution in [0.25, 0.3) is 0 Å². The van der Waals surface area contributed by atoms with Crippen molar-refractivity contribution in [2.24, 2.45) is 11.7 Å². The van der Waals surface area contributed by atoms with E-state index in [0.29, 0.717) is 5.92 Å². The van der Waals surface area contributed by atoms with Crippen LogP contribution in [-0.2, 0) is 0 Å². The third kappa shape index (κ3) is 3.55. The summed E-state index contributed by atoms with van der Waals surface area (Å²) in [5.41, 5.74) is 7.50. The van der Waals surface area contributed by atoms with E-state index in [9.17, 15) is 5.11 Å². The summed E-state index contributed by atoms with van der Waals surface area (Å²) in [7, 11) is 0. The number of hydrogen-bond acceptors (Lipinski definition) is 3. The van der Waals surface area contributed by atoms with Gasteiger partial charge in [-0.1, -0.05) is 37.3 Å². The smallest absolute Gasteiger partial charge is 0.0667 e. The molecule has 1 fully saturated rings. The first-order valence-corrected chi connectivity index (χ1v) is 6.88. The van der Waals surface area contributed by atoms with E-state index < -0.39 is 0 Å². The second-order valence-electron chi connectivity index (χ2n) is 5.47. The van der Waals surface area contributed by atoms with Gasteiger partial charge in [0.25, 0.3) is 0 Å². The Balaban J connectivity index is 1.89. The van der Waals surface area contributed by atoms with Gasteiger partial charge in [0.05, 0.1) is 6.10 Å². The first kappa shape index (κ1) is 13.5. The van der Waals surface area contributed by atoms with Crippen molar-refractivity contribution >= 4 is 0 Å². The van der Waals surface area contributed by atoms with E-state index in [-0.39, 0.29) is 12.1 Å². The van der Waals surface area contributed by atoms with E-state index in [1.165, 1.54) is 5.56 Å². The lowest BCUT2D eigenvalue weighted by Crippen LogP contribution is -2.42. The maximum absolute atomic E-state index is 9.68. The summed E-state index contributed by atoms with van der Waals surface area (Å²) < 4.78 is 0. The zero-order valence-corrected chi connectivity index (χ0v) is 11.1. The zero-order valence-electron chi connectivity index (χ0n) is 11.1. The lowest BCUT2D eigenvalue weighted by molar-refractivity contribution is 0.0612. The first-order valence-electron chi connectivity index (χ1n) is 6.88. The predicted molar refractivity (Wildman–Crippen MR) is 74.2 cm³/mol. The van der Waals surface area contributed by atoms with Crippen molar-refractivity contribution in [3.63, 3.8) is 0 Å². The minimum Gasteiger partial charge on any atom is -0.392 e. The number of piperidine rings is 1. The molecule has 0 unspecified atom stereocenters. The van der Waals surface area contributed by atoms with Crippen molar-refractivity contribution in [2.75, 3.05) is 19.6 Å². The van der Waals surface area contributed by atoms with Crippen molar-refractivity contribution < 1.29 is 5.11 Å². The van der Waals surface area contributed by atoms with Gasteiger partial charge >= 0.3 is 0 Å². The number of aliphatic hydroxyl groups excluding tert-OH is 1. The minimum absolute atomic E-state index is 0.0743. The molecule has 18 heavy (non-hydrogen) atoms. The number of benzene rings is 1. The lowest BCUT2D eigenvalue weighted by Gasteiger charge is -2.33. The number of hydrogen-bond donors (Lipinski definition) is 2. The summed E-state index contributed by atoms with van der Waals surface area (Å²) in [6, 6.07) is 10.3. The molecule has 0 radical (unpaired) electrons. The second-order valence-corrected chi connectivity index (χ2v) is 5.47. The summed E-state index contributed by atoms with van der Waals surface area (Å²) in [6.07, 6.45) is 1.88. The van der Waals surface area contributed by atoms with Crippen LogP contribution in [0.2, 0.25) is 0 Å². The van der Waals surface area contributed by atoms with E-state index in [1.807, 2.05) is 18.2 Å². The van der Waals surface area contributed by atoms with Crippen molar-refractivity contribution in [1.29, 1.82) is 0 Å². The highest BCUT2D eigenvalue weighted by Crippen LogP contribution is 2.21. The number of β-amino-alcohol motifs (C(OH)–C–C–N with tert-alkyl or cyclic N) is 1. The summed E-state index contributed by atoms with van der Waals surface area (Å²) in [4.78, 5) is 2.33. The average molecular weight is 248 g/mol. The van der Waals surface area contributed by atoms with Crippen molar-refractivity contribution in [2.45, 2.75) is 31.9 Å². The molecule has 1 heterocycles. The first-order chi connectivity index (χ1) is 8.66. The van der Waals surface area contributed by atoms with E-state index in [2.05, 4.69) is 24.0 Å². The van der Waals surface area contributed by atoms with E-state index >= 15 is 0 Å². The molecule has 3 heteroatoms. The van der Waals surface area contributed by atoms with Gasteiger partial charge in [-0.15, -0.1) is 0 Å². The molecule has 0 saturated carbocycles. The van der Waals surface area contributed by atoms with E-state index in [1.54, 1.807) is 0 Å². The molecule has 100 valence electrons.